The summed E-state index contributed by atoms with van der Waals surface area (Å²) >= 11 is 0. The van der Waals surface area contributed by atoms with E-state index >= 15 is 0 Å². The molecular formula is C17H24N3O+. The van der Waals surface area contributed by atoms with E-state index in [4.69, 9.17) is 0 Å². The molecule has 0 atom stereocenters. The molecule has 4 nitrogen and oxygen atoms in total. The van der Waals surface area contributed by atoms with Gasteiger partial charge in [0, 0.05) is 18.2 Å². The third-order valence-electron chi connectivity index (χ3n) is 3.70. The molecule has 112 valence electrons. The zero-order valence-corrected chi connectivity index (χ0v) is 13.3. The lowest BCUT2D eigenvalue weighted by Gasteiger charge is -2.11. The zero-order chi connectivity index (χ0) is 15.4. The molecule has 2 aromatic rings. The van der Waals surface area contributed by atoms with Crippen LogP contribution in [0.3, 0.4) is 0 Å². The number of benzene rings is 1. The number of aromatic nitrogens is 2. The Morgan fingerprint density at radius 1 is 1.19 bits per heavy atom. The van der Waals surface area contributed by atoms with Crippen LogP contribution in [0.1, 0.15) is 30.2 Å². The van der Waals surface area contributed by atoms with Gasteiger partial charge in [-0.05, 0) is 31.9 Å². The first-order chi connectivity index (χ1) is 10.0. The maximum Gasteiger partial charge on any atom is 0.250 e. The molecule has 1 N–H and O–H groups in total. The third kappa shape index (κ3) is 3.51. The number of amides is 1. The fourth-order valence-corrected chi connectivity index (χ4v) is 2.53. The zero-order valence-electron chi connectivity index (χ0n) is 13.3. The van der Waals surface area contributed by atoms with Crippen LogP contribution >= 0.6 is 0 Å². The van der Waals surface area contributed by atoms with Gasteiger partial charge in [0.05, 0.1) is 5.69 Å². The van der Waals surface area contributed by atoms with Crippen molar-refractivity contribution in [3.05, 3.63) is 47.3 Å². The lowest BCUT2D eigenvalue weighted by Crippen LogP contribution is -2.45. The van der Waals surface area contributed by atoms with Crippen molar-refractivity contribution >= 4 is 11.6 Å². The topological polar surface area (TPSA) is 37.9 Å². The Balaban J connectivity index is 2.14. The molecule has 0 aliphatic carbocycles. The SMILES string of the molecule is CCC[n+]1ccc(C)n1CC(=O)Nc1c(C)cccc1C. The highest BCUT2D eigenvalue weighted by Gasteiger charge is 2.16. The van der Waals surface area contributed by atoms with Crippen LogP contribution in [0.4, 0.5) is 5.69 Å². The van der Waals surface area contributed by atoms with Gasteiger partial charge in [-0.15, -0.1) is 9.36 Å². The lowest BCUT2D eigenvalue weighted by atomic mass is 10.1. The molecule has 0 aliphatic heterocycles. The van der Waals surface area contributed by atoms with Crippen LogP contribution in [-0.2, 0) is 17.9 Å². The van der Waals surface area contributed by atoms with E-state index in [1.165, 1.54) is 0 Å². The Hall–Kier alpha value is -2.10. The summed E-state index contributed by atoms with van der Waals surface area (Å²) < 4.78 is 4.12. The van der Waals surface area contributed by atoms with Crippen LogP contribution in [0.25, 0.3) is 0 Å². The number of rotatable bonds is 5. The molecule has 2 rings (SSSR count). The summed E-state index contributed by atoms with van der Waals surface area (Å²) in [7, 11) is 0. The molecule has 0 saturated carbocycles. The van der Waals surface area contributed by atoms with Crippen molar-refractivity contribution in [1.29, 1.82) is 0 Å². The smallest absolute Gasteiger partial charge is 0.250 e. The molecule has 0 fully saturated rings. The minimum atomic E-state index is 0.0107. The highest BCUT2D eigenvalue weighted by molar-refractivity contribution is 5.92. The van der Waals surface area contributed by atoms with Crippen molar-refractivity contribution in [2.45, 2.75) is 47.2 Å². The standard InChI is InChI=1S/C17H23N3O/c1-5-10-19-11-9-15(4)20(19)12-16(21)18-17-13(2)7-6-8-14(17)3/h6-9,11H,5,10,12H2,1-4H3/p+1. The third-order valence-corrected chi connectivity index (χ3v) is 3.70. The van der Waals surface area contributed by atoms with Gasteiger partial charge in [0.25, 0.3) is 0 Å². The minimum absolute atomic E-state index is 0.0107. The van der Waals surface area contributed by atoms with Crippen LogP contribution in [0.2, 0.25) is 0 Å². The molecule has 1 amide bonds. The number of anilines is 1. The van der Waals surface area contributed by atoms with Gasteiger partial charge < -0.3 is 5.32 Å². The lowest BCUT2D eigenvalue weighted by molar-refractivity contribution is -0.774. The predicted octanol–water partition coefficient (Wildman–Crippen LogP) is 2.75. The molecule has 21 heavy (non-hydrogen) atoms. The van der Waals surface area contributed by atoms with Gasteiger partial charge in [-0.25, -0.2) is 0 Å². The van der Waals surface area contributed by atoms with Crippen LogP contribution in [-0.4, -0.2) is 10.6 Å². The fourth-order valence-electron chi connectivity index (χ4n) is 2.53. The van der Waals surface area contributed by atoms with Crippen LogP contribution in [0.15, 0.2) is 30.5 Å². The van der Waals surface area contributed by atoms with E-state index < -0.39 is 0 Å². The Bertz CT molecular complexity index is 623. The normalized spacial score (nSPS) is 10.7. The van der Waals surface area contributed by atoms with Gasteiger partial charge in [0.1, 0.15) is 0 Å². The van der Waals surface area contributed by atoms with Gasteiger partial charge in [-0.2, -0.15) is 0 Å². The highest BCUT2D eigenvalue weighted by atomic mass is 16.2. The number of nitrogens with one attached hydrogen (secondary N) is 1. The quantitative estimate of drug-likeness (QED) is 0.843. The summed E-state index contributed by atoms with van der Waals surface area (Å²) in [5.41, 5.74) is 4.21. The number of para-hydroxylation sites is 1. The monoisotopic (exact) mass is 286 g/mol. The Morgan fingerprint density at radius 3 is 2.48 bits per heavy atom. The van der Waals surface area contributed by atoms with E-state index in [0.29, 0.717) is 6.54 Å². The summed E-state index contributed by atoms with van der Waals surface area (Å²) in [6, 6.07) is 8.08. The van der Waals surface area contributed by atoms with Crippen LogP contribution < -0.4 is 10.00 Å². The Morgan fingerprint density at radius 2 is 1.86 bits per heavy atom. The molecule has 0 aliphatic rings. The number of hydrogen-bond donors (Lipinski definition) is 1. The van der Waals surface area contributed by atoms with Gasteiger partial charge in [-0.3, -0.25) is 4.79 Å². The maximum atomic E-state index is 12.3. The van der Waals surface area contributed by atoms with Crippen LogP contribution in [0.5, 0.6) is 0 Å². The molecular weight excluding hydrogens is 262 g/mol. The fraction of sp³-hybridized carbons (Fsp3) is 0.412. The first-order valence-electron chi connectivity index (χ1n) is 7.45. The summed E-state index contributed by atoms with van der Waals surface area (Å²) in [6.07, 6.45) is 3.08. The first-order valence-corrected chi connectivity index (χ1v) is 7.45. The Labute approximate surface area is 126 Å². The van der Waals surface area contributed by atoms with Gasteiger partial charge in [-0.1, -0.05) is 25.1 Å². The average Bonchev–Trinajstić information content (AvgIpc) is 2.76. The van der Waals surface area contributed by atoms with Crippen molar-refractivity contribution in [2.24, 2.45) is 0 Å². The molecule has 0 spiro atoms. The number of aryl methyl sites for hydroxylation is 4. The van der Waals surface area contributed by atoms with E-state index in [0.717, 1.165) is 35.5 Å². The van der Waals surface area contributed by atoms with Crippen molar-refractivity contribution in [2.75, 3.05) is 5.32 Å². The molecule has 1 heterocycles. The second-order valence-corrected chi connectivity index (χ2v) is 5.49. The minimum Gasteiger partial charge on any atom is -0.324 e. The van der Waals surface area contributed by atoms with Crippen molar-refractivity contribution < 1.29 is 9.48 Å². The van der Waals surface area contributed by atoms with Crippen molar-refractivity contribution in [1.82, 2.24) is 4.68 Å². The molecule has 0 unspecified atom stereocenters. The molecule has 1 aromatic carbocycles. The highest BCUT2D eigenvalue weighted by Crippen LogP contribution is 2.19. The largest absolute Gasteiger partial charge is 0.324 e. The molecule has 0 bridgehead atoms. The van der Waals surface area contributed by atoms with Crippen molar-refractivity contribution in [3.8, 4) is 0 Å². The molecule has 0 radical (unpaired) electrons. The van der Waals surface area contributed by atoms with Gasteiger partial charge in [0.2, 0.25) is 5.91 Å². The van der Waals surface area contributed by atoms with E-state index in [-0.39, 0.29) is 5.91 Å². The van der Waals surface area contributed by atoms with E-state index in [1.54, 1.807) is 0 Å². The van der Waals surface area contributed by atoms with Gasteiger partial charge in [0.15, 0.2) is 19.3 Å². The van der Waals surface area contributed by atoms with E-state index in [2.05, 4.69) is 16.9 Å². The Kier molecular flexibility index (Phi) is 4.78. The molecule has 0 saturated heterocycles. The number of carbonyl (C=O) groups is 1. The molecule has 1 aromatic heterocycles. The molecule has 4 heteroatoms. The van der Waals surface area contributed by atoms with Crippen molar-refractivity contribution in [3.63, 3.8) is 0 Å². The predicted molar refractivity (Wildman–Crippen MR) is 84.2 cm³/mol. The number of hydrogen-bond acceptors (Lipinski definition) is 1. The van der Waals surface area contributed by atoms with Crippen LogP contribution in [0, 0.1) is 20.8 Å². The summed E-state index contributed by atoms with van der Waals surface area (Å²) in [4.78, 5) is 12.3. The first kappa shape index (κ1) is 15.3. The summed E-state index contributed by atoms with van der Waals surface area (Å²) in [5.74, 6) is 0.0107. The van der Waals surface area contributed by atoms with E-state index in [9.17, 15) is 4.79 Å². The maximum absolute atomic E-state index is 12.3. The van der Waals surface area contributed by atoms with Gasteiger partial charge >= 0.3 is 0 Å². The summed E-state index contributed by atoms with van der Waals surface area (Å²) in [5, 5.41) is 3.04. The second kappa shape index (κ2) is 6.57. The second-order valence-electron chi connectivity index (χ2n) is 5.49. The average molecular weight is 286 g/mol. The number of carbonyl (C=O) groups excluding carboxylic acids is 1. The number of nitrogens with zero attached hydrogens (tertiary/aromatic N) is 2. The van der Waals surface area contributed by atoms with E-state index in [1.807, 2.05) is 55.9 Å². The summed E-state index contributed by atoms with van der Waals surface area (Å²) in [6.45, 7) is 9.45.